The zero-order valence-electron chi connectivity index (χ0n) is 14.1. The molecule has 1 aromatic rings. The van der Waals surface area contributed by atoms with Crippen molar-refractivity contribution in [3.63, 3.8) is 0 Å². The van der Waals surface area contributed by atoms with Crippen LogP contribution < -0.4 is 10.5 Å². The van der Waals surface area contributed by atoms with Gasteiger partial charge in [-0.3, -0.25) is 9.59 Å². The monoisotopic (exact) mass is 382 g/mol. The third-order valence-corrected chi connectivity index (χ3v) is 4.44. The molecule has 1 aromatic carbocycles. The van der Waals surface area contributed by atoms with Crippen molar-refractivity contribution in [1.82, 2.24) is 5.01 Å². The van der Waals surface area contributed by atoms with Crippen LogP contribution in [0.25, 0.3) is 0 Å². The Morgan fingerprint density at radius 2 is 2.04 bits per heavy atom. The number of anilines is 1. The van der Waals surface area contributed by atoms with Crippen LogP contribution in [0.15, 0.2) is 34.3 Å². The second kappa shape index (κ2) is 7.62. The topological polar surface area (TPSA) is 148 Å². The van der Waals surface area contributed by atoms with Crippen LogP contribution in [-0.4, -0.2) is 50.1 Å². The van der Waals surface area contributed by atoms with Gasteiger partial charge in [-0.1, -0.05) is 6.07 Å². The van der Waals surface area contributed by atoms with Crippen molar-refractivity contribution in [2.75, 3.05) is 12.4 Å². The minimum Gasteiger partial charge on any atom is -0.448 e. The summed E-state index contributed by atoms with van der Waals surface area (Å²) in [5.41, 5.74) is 0.229. The maximum absolute atomic E-state index is 12.1. The van der Waals surface area contributed by atoms with E-state index in [4.69, 9.17) is 9.88 Å². The number of ether oxygens (including phenoxy) is 1. The van der Waals surface area contributed by atoms with Gasteiger partial charge in [0.1, 0.15) is 5.71 Å². The molecule has 2 rings (SSSR count). The van der Waals surface area contributed by atoms with Crippen LogP contribution in [0.1, 0.15) is 19.8 Å². The van der Waals surface area contributed by atoms with Gasteiger partial charge in [-0.05, 0) is 25.1 Å². The van der Waals surface area contributed by atoms with Crippen LogP contribution in [-0.2, 0) is 29.1 Å². The van der Waals surface area contributed by atoms with Crippen LogP contribution in [0.3, 0.4) is 0 Å². The Bertz CT molecular complexity index is 880. The number of hydrogen-bond donors (Lipinski definition) is 2. The van der Waals surface area contributed by atoms with Gasteiger partial charge in [0.05, 0.1) is 4.90 Å². The first-order valence-electron chi connectivity index (χ1n) is 7.56. The predicted molar refractivity (Wildman–Crippen MR) is 91.4 cm³/mol. The summed E-state index contributed by atoms with van der Waals surface area (Å²) in [7, 11) is -2.49. The first-order chi connectivity index (χ1) is 12.1. The van der Waals surface area contributed by atoms with Gasteiger partial charge in [0.15, 0.2) is 6.10 Å². The maximum atomic E-state index is 12.1. The molecule has 0 saturated carbocycles. The highest BCUT2D eigenvalue weighted by molar-refractivity contribution is 7.89. The van der Waals surface area contributed by atoms with Crippen LogP contribution in [0.5, 0.6) is 0 Å². The van der Waals surface area contributed by atoms with Crippen molar-refractivity contribution in [3.8, 4) is 0 Å². The Labute approximate surface area is 150 Å². The molecule has 0 saturated heterocycles. The van der Waals surface area contributed by atoms with Gasteiger partial charge < -0.3 is 10.1 Å². The first-order valence-corrected chi connectivity index (χ1v) is 9.11. The number of rotatable bonds is 5. The number of nitrogens with one attached hydrogen (secondary N) is 1. The van der Waals surface area contributed by atoms with Gasteiger partial charge in [-0.15, -0.1) is 0 Å². The van der Waals surface area contributed by atoms with Crippen molar-refractivity contribution >= 4 is 39.2 Å². The Hall–Kier alpha value is -2.79. The fourth-order valence-electron chi connectivity index (χ4n) is 2.09. The summed E-state index contributed by atoms with van der Waals surface area (Å²) in [4.78, 5) is 35.4. The number of esters is 1. The van der Waals surface area contributed by atoms with Crippen LogP contribution >= 0.6 is 0 Å². The van der Waals surface area contributed by atoms with E-state index in [-0.39, 0.29) is 35.0 Å². The lowest BCUT2D eigenvalue weighted by molar-refractivity contribution is -0.146. The Balaban J connectivity index is 2.01. The third-order valence-electron chi connectivity index (χ3n) is 3.53. The van der Waals surface area contributed by atoms with Crippen LogP contribution in [0.4, 0.5) is 5.69 Å². The number of benzene rings is 1. The summed E-state index contributed by atoms with van der Waals surface area (Å²) in [5, 5.41) is 12.3. The number of nitrogens with zero attached hydrogens (tertiary/aromatic N) is 2. The van der Waals surface area contributed by atoms with Crippen molar-refractivity contribution in [2.45, 2.75) is 30.8 Å². The average molecular weight is 382 g/mol. The molecule has 0 aromatic heterocycles. The summed E-state index contributed by atoms with van der Waals surface area (Å²) in [5.74, 6) is -1.68. The van der Waals surface area contributed by atoms with E-state index < -0.39 is 28.0 Å². The summed E-state index contributed by atoms with van der Waals surface area (Å²) >= 11 is 0. The average Bonchev–Trinajstić information content (AvgIpc) is 2.56. The zero-order valence-corrected chi connectivity index (χ0v) is 14.9. The summed E-state index contributed by atoms with van der Waals surface area (Å²) < 4.78 is 27.7. The smallest absolute Gasteiger partial charge is 0.355 e. The summed E-state index contributed by atoms with van der Waals surface area (Å²) in [6.07, 6.45) is -0.899. The van der Waals surface area contributed by atoms with Gasteiger partial charge >= 0.3 is 5.97 Å². The van der Waals surface area contributed by atoms with Gasteiger partial charge in [0.25, 0.3) is 5.91 Å². The Morgan fingerprint density at radius 1 is 1.35 bits per heavy atom. The van der Waals surface area contributed by atoms with Crippen molar-refractivity contribution in [3.05, 3.63) is 24.3 Å². The second-order valence-electron chi connectivity index (χ2n) is 5.57. The fourth-order valence-corrected chi connectivity index (χ4v) is 2.65. The second-order valence-corrected chi connectivity index (χ2v) is 7.14. The molecule has 0 fully saturated rings. The van der Waals surface area contributed by atoms with E-state index in [1.165, 1.54) is 38.2 Å². The highest BCUT2D eigenvalue weighted by Gasteiger charge is 2.26. The van der Waals surface area contributed by atoms with Gasteiger partial charge in [0.2, 0.25) is 15.9 Å². The molecule has 1 atom stereocenters. The molecule has 1 aliphatic heterocycles. The molecule has 140 valence electrons. The largest absolute Gasteiger partial charge is 0.448 e. The van der Waals surface area contributed by atoms with Gasteiger partial charge in [-0.25, -0.2) is 23.4 Å². The number of hydrazone groups is 1. The standard InChI is InChI=1S/C15H18N4O6S/c1-9(25-15(22)12-6-7-13(20)19(2)18-12)14(21)17-10-4-3-5-11(8-10)26(16,23)24/h3-5,8-9H,6-7H2,1-2H3,(H,17,21)(H2,16,23,24). The van der Waals surface area contributed by atoms with E-state index in [1.807, 2.05) is 0 Å². The molecule has 3 N–H and O–H groups in total. The lowest BCUT2D eigenvalue weighted by atomic mass is 10.2. The number of hydrogen-bond acceptors (Lipinski definition) is 7. The van der Waals surface area contributed by atoms with E-state index in [1.54, 1.807) is 0 Å². The first kappa shape index (κ1) is 19.5. The molecule has 0 radical (unpaired) electrons. The zero-order chi connectivity index (χ0) is 19.5. The fraction of sp³-hybridized carbons (Fsp3) is 0.333. The van der Waals surface area contributed by atoms with E-state index in [0.717, 1.165) is 5.01 Å². The van der Waals surface area contributed by atoms with E-state index >= 15 is 0 Å². The SMILES string of the molecule is CC(OC(=O)C1=NN(C)C(=O)CC1)C(=O)Nc1cccc(S(N)(=O)=O)c1. The Morgan fingerprint density at radius 3 is 2.65 bits per heavy atom. The van der Waals surface area contributed by atoms with Crippen molar-refractivity contribution in [1.29, 1.82) is 0 Å². The van der Waals surface area contributed by atoms with E-state index in [0.29, 0.717) is 0 Å². The predicted octanol–water partition coefficient (Wildman–Crippen LogP) is -0.188. The number of carbonyl (C=O) groups is 3. The highest BCUT2D eigenvalue weighted by atomic mass is 32.2. The minimum absolute atomic E-state index is 0.0444. The number of primary sulfonamides is 1. The third kappa shape index (κ3) is 4.86. The van der Waals surface area contributed by atoms with Crippen molar-refractivity contribution in [2.24, 2.45) is 10.2 Å². The molecule has 1 heterocycles. The lowest BCUT2D eigenvalue weighted by Gasteiger charge is -2.20. The molecule has 1 aliphatic rings. The number of carbonyl (C=O) groups excluding carboxylic acids is 3. The molecule has 2 amide bonds. The molecule has 0 spiro atoms. The molecular weight excluding hydrogens is 364 g/mol. The van der Waals surface area contributed by atoms with E-state index in [2.05, 4.69) is 10.4 Å². The van der Waals surface area contributed by atoms with Crippen molar-refractivity contribution < 1.29 is 27.5 Å². The summed E-state index contributed by atoms with van der Waals surface area (Å²) in [6, 6.07) is 5.35. The molecule has 1 unspecified atom stereocenters. The number of nitrogens with two attached hydrogens (primary N) is 1. The van der Waals surface area contributed by atoms with Crippen LogP contribution in [0, 0.1) is 0 Å². The molecule has 10 nitrogen and oxygen atoms in total. The molecule has 26 heavy (non-hydrogen) atoms. The molecular formula is C15H18N4O6S. The highest BCUT2D eigenvalue weighted by Crippen LogP contribution is 2.15. The van der Waals surface area contributed by atoms with Gasteiger partial charge in [-0.2, -0.15) is 5.10 Å². The molecule has 11 heteroatoms. The number of amides is 2. The molecule has 0 bridgehead atoms. The quantitative estimate of drug-likeness (QED) is 0.675. The maximum Gasteiger partial charge on any atom is 0.355 e. The normalized spacial score (nSPS) is 15.9. The Kier molecular flexibility index (Phi) is 5.73. The summed E-state index contributed by atoms with van der Waals surface area (Å²) in [6.45, 7) is 1.36. The van der Waals surface area contributed by atoms with E-state index in [9.17, 15) is 22.8 Å². The number of sulfonamides is 1. The molecule has 0 aliphatic carbocycles. The van der Waals surface area contributed by atoms with Crippen LogP contribution in [0.2, 0.25) is 0 Å². The lowest BCUT2D eigenvalue weighted by Crippen LogP contribution is -2.36. The minimum atomic E-state index is -3.91. The van der Waals surface area contributed by atoms with Gasteiger partial charge in [0, 0.05) is 25.6 Å².